The molecule has 0 fully saturated rings. The van der Waals surface area contributed by atoms with Crippen LogP contribution in [0.1, 0.15) is 61.9 Å². The average Bonchev–Trinajstić information content (AvgIpc) is 3.49. The zero-order valence-electron chi connectivity index (χ0n) is 24.7. The summed E-state index contributed by atoms with van der Waals surface area (Å²) < 4.78 is 79.7. The van der Waals surface area contributed by atoms with Crippen molar-refractivity contribution in [1.82, 2.24) is 0 Å². The minimum atomic E-state index is -4.85. The number of hydrogen-bond donors (Lipinski definition) is 0. The monoisotopic (exact) mass is 720 g/mol. The number of aryl methyl sites for hydroxylation is 2. The first-order valence-corrected chi connectivity index (χ1v) is 15.7. The number of benzene rings is 2. The van der Waals surface area contributed by atoms with Gasteiger partial charge in [0.05, 0.1) is 19.9 Å². The first-order valence-electron chi connectivity index (χ1n) is 13.2. The fraction of sp³-hybridized carbons (Fsp3) is 0.406. The van der Waals surface area contributed by atoms with Crippen molar-refractivity contribution in [2.45, 2.75) is 84.9 Å². The molecular weight excluding hydrogens is 689 g/mol. The first-order chi connectivity index (χ1) is 18.0. The Hall–Kier alpha value is -1.21. The molecule has 3 aromatic carbocycles. The van der Waals surface area contributed by atoms with E-state index in [0.29, 0.717) is 17.4 Å². The van der Waals surface area contributed by atoms with Gasteiger partial charge in [0.25, 0.3) is 0 Å². The fourth-order valence-electron chi connectivity index (χ4n) is 6.22. The van der Waals surface area contributed by atoms with Crippen LogP contribution in [-0.2, 0) is 51.4 Å². The zero-order chi connectivity index (χ0) is 29.0. The third kappa shape index (κ3) is 7.71. The van der Waals surface area contributed by atoms with Gasteiger partial charge in [0, 0.05) is 0 Å². The predicted molar refractivity (Wildman–Crippen MR) is 150 cm³/mol. The van der Waals surface area contributed by atoms with Crippen LogP contribution < -0.4 is 24.8 Å². The van der Waals surface area contributed by atoms with Crippen molar-refractivity contribution in [2.24, 2.45) is 0 Å². The Morgan fingerprint density at radius 3 is 1.67 bits per heavy atom. The second-order valence-electron chi connectivity index (χ2n) is 11.2. The van der Waals surface area contributed by atoms with E-state index in [1.54, 1.807) is 22.3 Å². The van der Waals surface area contributed by atoms with Gasteiger partial charge in [-0.1, -0.05) is 47.9 Å². The largest absolute Gasteiger partial charge is 3.00 e. The van der Waals surface area contributed by atoms with Gasteiger partial charge in [0.2, 0.25) is 0 Å². The maximum absolute atomic E-state index is 13.3. The fourth-order valence-corrected chi connectivity index (χ4v) is 8.38. The predicted octanol–water partition coefficient (Wildman–Crippen LogP) is 4.86. The van der Waals surface area contributed by atoms with Crippen LogP contribution in [0, 0.1) is 6.92 Å². The molecule has 0 amide bonds. The molecule has 2 radical (unpaired) electrons. The van der Waals surface area contributed by atoms with E-state index in [-0.39, 0.29) is 71.4 Å². The molecule has 5 rings (SSSR count). The van der Waals surface area contributed by atoms with E-state index in [2.05, 4.69) is 40.8 Å². The molecule has 0 atom stereocenters. The smallest absolute Gasteiger partial charge is 1.00 e. The summed E-state index contributed by atoms with van der Waals surface area (Å²) in [4.78, 5) is 0. The van der Waals surface area contributed by atoms with Gasteiger partial charge in [-0.25, -0.2) is 0 Å². The third-order valence-electron chi connectivity index (χ3n) is 8.29. The van der Waals surface area contributed by atoms with Crippen LogP contribution in [0.3, 0.4) is 0 Å². The van der Waals surface area contributed by atoms with Gasteiger partial charge in [-0.2, -0.15) is 32.4 Å². The molecule has 0 aliphatic heterocycles. The molecule has 3 aromatic rings. The molecule has 0 bridgehead atoms. The maximum atomic E-state index is 13.3. The van der Waals surface area contributed by atoms with E-state index in [9.17, 15) is 26.3 Å². The van der Waals surface area contributed by atoms with Crippen molar-refractivity contribution in [3.8, 4) is 11.1 Å². The van der Waals surface area contributed by atoms with Gasteiger partial charge in [-0.3, -0.25) is 0 Å². The second-order valence-corrected chi connectivity index (χ2v) is 13.9. The summed E-state index contributed by atoms with van der Waals surface area (Å²) >= 11 is 0. The van der Waals surface area contributed by atoms with Crippen molar-refractivity contribution >= 4 is 19.6 Å². The minimum absolute atomic E-state index is 0. The van der Waals surface area contributed by atoms with E-state index < -0.39 is 23.5 Å². The van der Waals surface area contributed by atoms with Crippen LogP contribution in [0.25, 0.3) is 21.9 Å². The molecule has 2 aliphatic carbocycles. The van der Waals surface area contributed by atoms with Crippen molar-refractivity contribution in [3.63, 3.8) is 0 Å². The van der Waals surface area contributed by atoms with E-state index in [1.807, 2.05) is 25.1 Å². The Morgan fingerprint density at radius 2 is 1.24 bits per heavy atom. The quantitative estimate of drug-likeness (QED) is 0.202. The van der Waals surface area contributed by atoms with Gasteiger partial charge in [-0.15, -0.1) is 28.5 Å². The molecular formula is C32H34Cl2F6SiZr. The molecule has 0 N–H and O–H groups in total. The van der Waals surface area contributed by atoms with Crippen molar-refractivity contribution in [2.75, 3.05) is 0 Å². The van der Waals surface area contributed by atoms with Crippen LogP contribution in [0.5, 0.6) is 0 Å². The SMILES string of the molecule is CC1=C(C)C([Si](C)C)C(C)=C1C.Cc1cc2c(-c3cc(C(F)(F)F)cc(C(F)(F)F)c3)c3c(cc2[cH-]1)CCC3.[Cl-].[Cl-].[Zr+3]. The Labute approximate surface area is 278 Å². The normalized spacial score (nSPS) is 15.3. The minimum Gasteiger partial charge on any atom is -1.00 e. The summed E-state index contributed by atoms with van der Waals surface area (Å²) in [5.74, 6) is 0. The Balaban J connectivity index is 0.000000504. The molecule has 0 saturated heterocycles. The van der Waals surface area contributed by atoms with Crippen molar-refractivity contribution < 1.29 is 77.4 Å². The van der Waals surface area contributed by atoms with Gasteiger partial charge in [0.1, 0.15) is 0 Å². The van der Waals surface area contributed by atoms with Gasteiger partial charge in [0.15, 0.2) is 0 Å². The zero-order valence-corrected chi connectivity index (χ0v) is 29.7. The Bertz CT molecular complexity index is 1440. The van der Waals surface area contributed by atoms with E-state index in [4.69, 9.17) is 0 Å². The second kappa shape index (κ2) is 14.3. The molecule has 0 aromatic heterocycles. The average molecular weight is 723 g/mol. The van der Waals surface area contributed by atoms with Crippen LogP contribution in [-0.4, -0.2) is 8.80 Å². The van der Waals surface area contributed by atoms with E-state index in [0.717, 1.165) is 52.6 Å². The number of halogens is 8. The summed E-state index contributed by atoms with van der Waals surface area (Å²) in [7, 11) is -0.190. The number of rotatable bonds is 2. The van der Waals surface area contributed by atoms with Crippen LogP contribution in [0.15, 0.2) is 58.7 Å². The molecule has 226 valence electrons. The summed E-state index contributed by atoms with van der Waals surface area (Å²) in [5.41, 5.74) is 7.89. The molecule has 0 saturated carbocycles. The van der Waals surface area contributed by atoms with Crippen LogP contribution in [0.2, 0.25) is 18.6 Å². The Morgan fingerprint density at radius 1 is 0.738 bits per heavy atom. The molecule has 0 unspecified atom stereocenters. The molecule has 0 heterocycles. The van der Waals surface area contributed by atoms with E-state index in [1.165, 1.54) is 0 Å². The summed E-state index contributed by atoms with van der Waals surface area (Å²) in [6.45, 7) is 15.8. The number of allylic oxidation sites excluding steroid dienone is 4. The maximum Gasteiger partial charge on any atom is 3.00 e. The van der Waals surface area contributed by atoms with Crippen molar-refractivity contribution in [1.29, 1.82) is 0 Å². The van der Waals surface area contributed by atoms with Gasteiger partial charge >= 0.3 is 38.6 Å². The Kier molecular flexibility index (Phi) is 13.2. The van der Waals surface area contributed by atoms with Crippen molar-refractivity contribution in [3.05, 3.63) is 86.5 Å². The topological polar surface area (TPSA) is 0 Å². The summed E-state index contributed by atoms with van der Waals surface area (Å²) in [6.07, 6.45) is -7.42. The summed E-state index contributed by atoms with van der Waals surface area (Å²) in [5, 5.41) is 1.56. The molecule has 42 heavy (non-hydrogen) atoms. The van der Waals surface area contributed by atoms with E-state index >= 15 is 0 Å². The standard InChI is InChI=1S/C21H15F6.C11H19Si.2ClH.Zr/c1-11-5-13-7-12-3-2-4-17(12)19(18(13)6-11)14-8-15(20(22,23)24)10-16(9-14)21(25,26)27;1-7-8(2)10(4)11(9(7)3)12(5)6;;;/h5-10H,2-4H2,1H3;11H,1-6H3;2*1H;/q-1;;;;+3/p-2. The number of hydrogen-bond acceptors (Lipinski definition) is 0. The third-order valence-corrected chi connectivity index (χ3v) is 10.3. The number of fused-ring (bicyclic) bond motifs is 2. The van der Waals surface area contributed by atoms with Gasteiger partial charge in [-0.05, 0) is 87.4 Å². The number of alkyl halides is 6. The molecule has 10 heteroatoms. The summed E-state index contributed by atoms with van der Waals surface area (Å²) in [6, 6.07) is 7.61. The van der Waals surface area contributed by atoms with Gasteiger partial charge < -0.3 is 24.8 Å². The van der Waals surface area contributed by atoms with Crippen LogP contribution in [0.4, 0.5) is 26.3 Å². The first kappa shape index (κ1) is 38.8. The molecule has 0 nitrogen and oxygen atoms in total. The molecule has 0 spiro atoms. The molecule has 2 aliphatic rings. The van der Waals surface area contributed by atoms with Crippen LogP contribution >= 0.6 is 0 Å².